The zero-order valence-corrected chi connectivity index (χ0v) is 33.8. The summed E-state index contributed by atoms with van der Waals surface area (Å²) >= 11 is 0. The van der Waals surface area contributed by atoms with Crippen LogP contribution in [0.25, 0.3) is 0 Å². The fraction of sp³-hybridized carbons (Fsp3) is 0.529. The first kappa shape index (κ1) is 42.2. The van der Waals surface area contributed by atoms with Gasteiger partial charge in [-0.15, -0.1) is 0 Å². The summed E-state index contributed by atoms with van der Waals surface area (Å²) in [4.78, 5) is 0. The SMILES string of the molecule is CCCCCCCCCC(c1ccc(N)cc1)c1ccc(CCCCCCCc2ccc(C(CCCCCCCCC)c3ccc(N)cc3)cc2)cc1. The van der Waals surface area contributed by atoms with Gasteiger partial charge in [0.25, 0.3) is 0 Å². The van der Waals surface area contributed by atoms with Gasteiger partial charge in [-0.1, -0.05) is 196 Å². The molecule has 0 fully saturated rings. The number of nitrogens with two attached hydrogens (primary N) is 2. The average molecular weight is 715 g/mol. The molecule has 0 heterocycles. The van der Waals surface area contributed by atoms with Gasteiger partial charge in [0.1, 0.15) is 0 Å². The Bertz CT molecular complexity index is 1350. The van der Waals surface area contributed by atoms with E-state index in [1.165, 1.54) is 181 Å². The highest BCUT2D eigenvalue weighted by Crippen LogP contribution is 2.33. The van der Waals surface area contributed by atoms with Gasteiger partial charge in [-0.05, 0) is 96.2 Å². The highest BCUT2D eigenvalue weighted by molar-refractivity contribution is 5.44. The van der Waals surface area contributed by atoms with Crippen LogP contribution in [-0.2, 0) is 12.8 Å². The van der Waals surface area contributed by atoms with Crippen molar-refractivity contribution in [2.75, 3.05) is 11.5 Å². The van der Waals surface area contributed by atoms with Gasteiger partial charge in [-0.3, -0.25) is 0 Å². The summed E-state index contributed by atoms with van der Waals surface area (Å²) in [6.45, 7) is 4.59. The minimum atomic E-state index is 0.455. The monoisotopic (exact) mass is 715 g/mol. The number of nitrogen functional groups attached to an aromatic ring is 2. The maximum absolute atomic E-state index is 6.04. The molecular weight excluding hydrogens is 641 g/mol. The van der Waals surface area contributed by atoms with Crippen molar-refractivity contribution in [1.82, 2.24) is 0 Å². The Morgan fingerprint density at radius 3 is 0.906 bits per heavy atom. The molecule has 0 saturated heterocycles. The quantitative estimate of drug-likeness (QED) is 0.0454. The lowest BCUT2D eigenvalue weighted by Crippen LogP contribution is -2.02. The van der Waals surface area contributed by atoms with Crippen LogP contribution in [0.1, 0.15) is 194 Å². The zero-order valence-electron chi connectivity index (χ0n) is 33.8. The van der Waals surface area contributed by atoms with Crippen molar-refractivity contribution >= 4 is 11.4 Å². The third-order valence-corrected chi connectivity index (χ3v) is 11.6. The highest BCUT2D eigenvalue weighted by Gasteiger charge is 2.16. The van der Waals surface area contributed by atoms with Crippen LogP contribution in [0.4, 0.5) is 11.4 Å². The summed E-state index contributed by atoms with van der Waals surface area (Å²) in [7, 11) is 0. The largest absolute Gasteiger partial charge is 0.399 e. The zero-order chi connectivity index (χ0) is 37.4. The molecule has 0 aliphatic rings. The molecule has 2 nitrogen and oxygen atoms in total. The van der Waals surface area contributed by atoms with E-state index in [4.69, 9.17) is 11.5 Å². The number of anilines is 2. The minimum Gasteiger partial charge on any atom is -0.399 e. The van der Waals surface area contributed by atoms with Gasteiger partial charge in [0.05, 0.1) is 0 Å². The van der Waals surface area contributed by atoms with Gasteiger partial charge in [0.15, 0.2) is 0 Å². The van der Waals surface area contributed by atoms with Gasteiger partial charge in [0.2, 0.25) is 0 Å². The molecule has 0 aliphatic carbocycles. The van der Waals surface area contributed by atoms with Crippen molar-refractivity contribution in [2.24, 2.45) is 0 Å². The second-order valence-corrected chi connectivity index (χ2v) is 16.0. The Balaban J connectivity index is 1.16. The molecule has 53 heavy (non-hydrogen) atoms. The maximum atomic E-state index is 6.04. The molecule has 4 rings (SSSR count). The minimum absolute atomic E-state index is 0.455. The van der Waals surface area contributed by atoms with Crippen LogP contribution in [0.3, 0.4) is 0 Å². The number of hydrogen-bond donors (Lipinski definition) is 2. The lowest BCUT2D eigenvalue weighted by atomic mass is 9.86. The highest BCUT2D eigenvalue weighted by atomic mass is 14.5. The van der Waals surface area contributed by atoms with E-state index >= 15 is 0 Å². The molecule has 0 radical (unpaired) electrons. The predicted molar refractivity (Wildman–Crippen MR) is 234 cm³/mol. The van der Waals surface area contributed by atoms with Gasteiger partial charge < -0.3 is 11.5 Å². The number of aryl methyl sites for hydroxylation is 2. The number of rotatable bonds is 28. The van der Waals surface area contributed by atoms with Crippen LogP contribution in [0.2, 0.25) is 0 Å². The van der Waals surface area contributed by atoms with Crippen LogP contribution >= 0.6 is 0 Å². The molecule has 0 aliphatic heterocycles. The van der Waals surface area contributed by atoms with E-state index in [0.29, 0.717) is 11.8 Å². The van der Waals surface area contributed by atoms with Gasteiger partial charge in [0, 0.05) is 23.2 Å². The lowest BCUT2D eigenvalue weighted by Gasteiger charge is -2.19. The van der Waals surface area contributed by atoms with E-state index in [0.717, 1.165) is 11.4 Å². The van der Waals surface area contributed by atoms with E-state index in [1.54, 1.807) is 0 Å². The Hall–Kier alpha value is -3.52. The van der Waals surface area contributed by atoms with E-state index in [1.807, 2.05) is 0 Å². The second kappa shape index (κ2) is 25.5. The van der Waals surface area contributed by atoms with E-state index in [-0.39, 0.29) is 0 Å². The third-order valence-electron chi connectivity index (χ3n) is 11.6. The third kappa shape index (κ3) is 16.2. The molecule has 2 unspecified atom stereocenters. The topological polar surface area (TPSA) is 52.0 Å². The van der Waals surface area contributed by atoms with Gasteiger partial charge in [-0.2, -0.15) is 0 Å². The van der Waals surface area contributed by atoms with Crippen LogP contribution < -0.4 is 11.5 Å². The first-order valence-corrected chi connectivity index (χ1v) is 22.0. The van der Waals surface area contributed by atoms with Crippen LogP contribution in [-0.4, -0.2) is 0 Å². The first-order chi connectivity index (χ1) is 26.1. The van der Waals surface area contributed by atoms with Crippen molar-refractivity contribution in [2.45, 2.75) is 173 Å². The van der Waals surface area contributed by atoms with Crippen molar-refractivity contribution in [3.05, 3.63) is 130 Å². The van der Waals surface area contributed by atoms with E-state index in [9.17, 15) is 0 Å². The normalized spacial score (nSPS) is 12.6. The molecular formula is C51H74N2. The summed E-state index contributed by atoms with van der Waals surface area (Å²) in [5.41, 5.74) is 22.4. The molecule has 0 amide bonds. The van der Waals surface area contributed by atoms with Crippen molar-refractivity contribution in [1.29, 1.82) is 0 Å². The summed E-state index contributed by atoms with van der Waals surface area (Å²) in [6.07, 6.45) is 30.2. The summed E-state index contributed by atoms with van der Waals surface area (Å²) < 4.78 is 0. The summed E-state index contributed by atoms with van der Waals surface area (Å²) in [5.74, 6) is 0.910. The molecule has 4 N–H and O–H groups in total. The molecule has 0 spiro atoms. The molecule has 4 aromatic rings. The van der Waals surface area contributed by atoms with Gasteiger partial charge >= 0.3 is 0 Å². The predicted octanol–water partition coefficient (Wildman–Crippen LogP) is 15.1. The number of unbranched alkanes of at least 4 members (excludes halogenated alkanes) is 16. The van der Waals surface area contributed by atoms with Gasteiger partial charge in [-0.25, -0.2) is 0 Å². The Kier molecular flexibility index (Phi) is 20.3. The van der Waals surface area contributed by atoms with E-state index < -0.39 is 0 Å². The van der Waals surface area contributed by atoms with Crippen molar-refractivity contribution in [3.8, 4) is 0 Å². The van der Waals surface area contributed by atoms with Crippen molar-refractivity contribution in [3.63, 3.8) is 0 Å². The average Bonchev–Trinajstić information content (AvgIpc) is 3.18. The molecule has 0 bridgehead atoms. The standard InChI is InChI=1S/C51H74N2/c1-3-5-7-9-11-16-20-24-50(46-34-38-48(52)39-35-46)44-30-26-42(27-31-44)22-18-14-13-15-19-23-43-28-32-45(33-29-43)51(47-36-40-49(53)41-37-47)25-21-17-12-10-8-6-4-2/h26-41,50-51H,3-25,52-53H2,1-2H3. The molecule has 0 aromatic heterocycles. The van der Waals surface area contributed by atoms with Crippen LogP contribution in [0, 0.1) is 0 Å². The smallest absolute Gasteiger partial charge is 0.0314 e. The van der Waals surface area contributed by atoms with Crippen LogP contribution in [0.5, 0.6) is 0 Å². The molecule has 288 valence electrons. The fourth-order valence-electron chi connectivity index (χ4n) is 8.14. The molecule has 2 atom stereocenters. The summed E-state index contributed by atoms with van der Waals surface area (Å²) in [6, 6.07) is 36.4. The van der Waals surface area contributed by atoms with Crippen molar-refractivity contribution < 1.29 is 0 Å². The molecule has 2 heteroatoms. The summed E-state index contributed by atoms with van der Waals surface area (Å²) in [5, 5.41) is 0. The Labute approximate surface area is 325 Å². The Morgan fingerprint density at radius 1 is 0.321 bits per heavy atom. The number of hydrogen-bond acceptors (Lipinski definition) is 2. The first-order valence-electron chi connectivity index (χ1n) is 22.0. The molecule has 0 saturated carbocycles. The van der Waals surface area contributed by atoms with E-state index in [2.05, 4.69) is 111 Å². The second-order valence-electron chi connectivity index (χ2n) is 16.0. The number of benzene rings is 4. The van der Waals surface area contributed by atoms with Crippen LogP contribution in [0.15, 0.2) is 97.1 Å². The molecule has 4 aromatic carbocycles. The Morgan fingerprint density at radius 2 is 0.585 bits per heavy atom. The lowest BCUT2D eigenvalue weighted by molar-refractivity contribution is 0.558. The fourth-order valence-corrected chi connectivity index (χ4v) is 8.14. The maximum Gasteiger partial charge on any atom is 0.0314 e.